The van der Waals surface area contributed by atoms with Gasteiger partial charge in [0.15, 0.2) is 10.8 Å². The minimum Gasteiger partial charge on any atom is -0.304 e. The van der Waals surface area contributed by atoms with Gasteiger partial charge in [0.1, 0.15) is 10.6 Å². The minimum atomic E-state index is -4.66. The number of rotatable bonds is 3. The smallest absolute Gasteiger partial charge is 0.304 e. The predicted octanol–water partition coefficient (Wildman–Crippen LogP) is 2.51. The Balaban J connectivity index is 1.97. The van der Waals surface area contributed by atoms with Gasteiger partial charge in [-0.15, -0.1) is 0 Å². The van der Waals surface area contributed by atoms with Crippen molar-refractivity contribution >= 4 is 44.8 Å². The van der Waals surface area contributed by atoms with E-state index in [0.29, 0.717) is 12.3 Å². The van der Waals surface area contributed by atoms with E-state index in [0.717, 1.165) is 21.5 Å². The summed E-state index contributed by atoms with van der Waals surface area (Å²) in [6, 6.07) is 0.651. The highest BCUT2D eigenvalue weighted by molar-refractivity contribution is 7.90. The summed E-state index contributed by atoms with van der Waals surface area (Å²) in [6.07, 6.45) is -1.98. The molecule has 14 heteroatoms. The molecule has 0 aliphatic carbocycles. The first-order chi connectivity index (χ1) is 12.4. The van der Waals surface area contributed by atoms with Crippen molar-refractivity contribution in [3.05, 3.63) is 46.1 Å². The Hall–Kier alpha value is -2.31. The van der Waals surface area contributed by atoms with Crippen LogP contribution in [0.4, 0.5) is 13.2 Å². The predicted molar refractivity (Wildman–Crippen MR) is 88.1 cm³/mol. The normalized spacial score (nSPS) is 12.5. The third kappa shape index (κ3) is 3.73. The van der Waals surface area contributed by atoms with Crippen molar-refractivity contribution < 1.29 is 26.4 Å². The van der Waals surface area contributed by atoms with Crippen molar-refractivity contribution in [3.8, 4) is 0 Å². The highest BCUT2D eigenvalue weighted by atomic mass is 35.5. The van der Waals surface area contributed by atoms with Crippen molar-refractivity contribution in [3.63, 3.8) is 0 Å². The summed E-state index contributed by atoms with van der Waals surface area (Å²) in [5.74, 6) is -1.18. The fraction of sp³-hybridized carbons (Fsp3) is 0.154. The van der Waals surface area contributed by atoms with E-state index in [9.17, 15) is 26.4 Å². The number of amides is 1. The van der Waals surface area contributed by atoms with Crippen LogP contribution in [0.3, 0.4) is 0 Å². The summed E-state index contributed by atoms with van der Waals surface area (Å²) < 4.78 is 66.7. The first kappa shape index (κ1) is 19.5. The van der Waals surface area contributed by atoms with Crippen LogP contribution in [0.25, 0.3) is 5.65 Å². The number of alkyl halides is 3. The maximum absolute atomic E-state index is 12.8. The van der Waals surface area contributed by atoms with Gasteiger partial charge in [0.2, 0.25) is 0 Å². The molecule has 0 aromatic carbocycles. The molecule has 0 aliphatic heterocycles. The van der Waals surface area contributed by atoms with E-state index in [2.05, 4.69) is 10.1 Å². The Morgan fingerprint density at radius 3 is 2.44 bits per heavy atom. The molecule has 27 heavy (non-hydrogen) atoms. The Bertz CT molecular complexity index is 1170. The zero-order valence-electron chi connectivity index (χ0n) is 13.1. The lowest BCUT2D eigenvalue weighted by Gasteiger charge is -2.07. The molecule has 0 saturated heterocycles. The lowest BCUT2D eigenvalue weighted by molar-refractivity contribution is -0.137. The highest BCUT2D eigenvalue weighted by Crippen LogP contribution is 2.32. The van der Waals surface area contributed by atoms with Crippen molar-refractivity contribution in [2.75, 3.05) is 0 Å². The molecule has 0 unspecified atom stereocenters. The van der Waals surface area contributed by atoms with Crippen molar-refractivity contribution in [1.29, 1.82) is 0 Å². The second kappa shape index (κ2) is 6.39. The van der Waals surface area contributed by atoms with Crippen LogP contribution in [0.15, 0.2) is 29.6 Å². The lowest BCUT2D eigenvalue weighted by atomic mass is 10.3. The monoisotopic (exact) mass is 441 g/mol. The Morgan fingerprint density at radius 1 is 1.22 bits per heavy atom. The number of pyridine rings is 1. The summed E-state index contributed by atoms with van der Waals surface area (Å²) >= 11 is 11.5. The van der Waals surface area contributed by atoms with E-state index in [1.165, 1.54) is 7.05 Å². The van der Waals surface area contributed by atoms with Crippen molar-refractivity contribution in [2.24, 2.45) is 7.05 Å². The Labute approximate surface area is 159 Å². The zero-order chi connectivity index (χ0) is 20.1. The van der Waals surface area contributed by atoms with Crippen LogP contribution in [-0.4, -0.2) is 33.5 Å². The largest absolute Gasteiger partial charge is 0.417 e. The summed E-state index contributed by atoms with van der Waals surface area (Å²) in [6.45, 7) is 0. The van der Waals surface area contributed by atoms with Gasteiger partial charge in [-0.3, -0.25) is 9.48 Å². The van der Waals surface area contributed by atoms with E-state index < -0.39 is 38.3 Å². The second-order valence-corrected chi connectivity index (χ2v) is 7.74. The molecule has 0 fully saturated rings. The minimum absolute atomic E-state index is 0.147. The summed E-state index contributed by atoms with van der Waals surface area (Å²) in [5, 5.41) is 2.93. The number of hydrogen-bond acceptors (Lipinski definition) is 5. The average molecular weight is 442 g/mol. The van der Waals surface area contributed by atoms with E-state index in [1.807, 2.05) is 0 Å². The van der Waals surface area contributed by atoms with Crippen LogP contribution in [0.2, 0.25) is 10.2 Å². The topological polar surface area (TPSA) is 98.4 Å². The summed E-state index contributed by atoms with van der Waals surface area (Å²) in [4.78, 5) is 15.5. The third-order valence-corrected chi connectivity index (χ3v) is 5.34. The van der Waals surface area contributed by atoms with Crippen LogP contribution >= 0.6 is 23.2 Å². The van der Waals surface area contributed by atoms with E-state index >= 15 is 0 Å². The van der Waals surface area contributed by atoms with Gasteiger partial charge in [0.25, 0.3) is 15.9 Å². The van der Waals surface area contributed by atoms with Gasteiger partial charge < -0.3 is 4.40 Å². The number of nitrogens with zero attached hydrogens (tertiary/aromatic N) is 4. The van der Waals surface area contributed by atoms with E-state index in [4.69, 9.17) is 23.2 Å². The summed E-state index contributed by atoms with van der Waals surface area (Å²) in [7, 11) is -2.95. The van der Waals surface area contributed by atoms with Crippen LogP contribution in [0.1, 0.15) is 16.1 Å². The highest BCUT2D eigenvalue weighted by Gasteiger charge is 2.32. The molecule has 0 aliphatic rings. The number of aryl methyl sites for hydroxylation is 1. The van der Waals surface area contributed by atoms with Crippen LogP contribution in [0.5, 0.6) is 0 Å². The molecule has 144 valence electrons. The van der Waals surface area contributed by atoms with Crippen LogP contribution in [-0.2, 0) is 23.2 Å². The number of aromatic nitrogens is 4. The zero-order valence-corrected chi connectivity index (χ0v) is 15.4. The van der Waals surface area contributed by atoms with Crippen molar-refractivity contribution in [2.45, 2.75) is 11.1 Å². The number of carbonyl (C=O) groups is 1. The van der Waals surface area contributed by atoms with Crippen LogP contribution < -0.4 is 4.72 Å². The number of sulfonamides is 1. The quantitative estimate of drug-likeness (QED) is 0.673. The van der Waals surface area contributed by atoms with Gasteiger partial charge in [0.05, 0.1) is 10.6 Å². The lowest BCUT2D eigenvalue weighted by Crippen LogP contribution is -2.30. The molecular formula is C13H8Cl2F3N5O3S. The fourth-order valence-corrected chi connectivity index (χ4v) is 3.91. The molecule has 1 amide bonds. The van der Waals surface area contributed by atoms with Gasteiger partial charge >= 0.3 is 6.18 Å². The van der Waals surface area contributed by atoms with Crippen LogP contribution in [0, 0.1) is 0 Å². The van der Waals surface area contributed by atoms with E-state index in [1.54, 1.807) is 4.72 Å². The van der Waals surface area contributed by atoms with Crippen molar-refractivity contribution in [1.82, 2.24) is 23.9 Å². The number of halogens is 5. The van der Waals surface area contributed by atoms with Gasteiger partial charge in [-0.05, 0) is 6.07 Å². The van der Waals surface area contributed by atoms with Gasteiger partial charge in [-0.25, -0.2) is 18.1 Å². The van der Waals surface area contributed by atoms with Gasteiger partial charge in [0, 0.05) is 25.6 Å². The molecule has 0 saturated carbocycles. The third-order valence-electron chi connectivity index (χ3n) is 3.34. The molecule has 0 spiro atoms. The Morgan fingerprint density at radius 2 is 1.89 bits per heavy atom. The molecule has 8 nitrogen and oxygen atoms in total. The molecule has 0 bridgehead atoms. The number of carbonyl (C=O) groups excluding carboxylic acids is 1. The average Bonchev–Trinajstić information content (AvgIpc) is 3.09. The fourth-order valence-electron chi connectivity index (χ4n) is 2.17. The Kier molecular flexibility index (Phi) is 4.60. The number of imidazole rings is 1. The SMILES string of the molecule is Cn1cc(S(=O)(=O)NC(=O)c2cn3cc(C(F)(F)F)cc(Cl)c3n2)c(Cl)n1. The summed E-state index contributed by atoms with van der Waals surface area (Å²) in [5.41, 5.74) is -1.66. The molecule has 0 radical (unpaired) electrons. The molecule has 3 aromatic heterocycles. The molecule has 3 aromatic rings. The molecule has 1 N–H and O–H groups in total. The second-order valence-electron chi connectivity index (χ2n) is 5.32. The molecular weight excluding hydrogens is 434 g/mol. The number of fused-ring (bicyclic) bond motifs is 1. The number of hydrogen-bond donors (Lipinski definition) is 1. The van der Waals surface area contributed by atoms with E-state index in [-0.39, 0.29) is 15.8 Å². The maximum Gasteiger partial charge on any atom is 0.417 e. The standard InChI is InChI=1S/C13H8Cl2F3N5O3S/c1-22-5-9(10(15)20-22)27(25,26)21-12(24)8-4-23-3-6(13(16,17)18)2-7(14)11(23)19-8/h2-5H,1H3,(H,21,24). The number of nitrogens with one attached hydrogen (secondary N) is 1. The van der Waals surface area contributed by atoms with Gasteiger partial charge in [-0.1, -0.05) is 23.2 Å². The maximum atomic E-state index is 12.8. The molecule has 3 rings (SSSR count). The first-order valence-electron chi connectivity index (χ1n) is 6.90. The first-order valence-corrected chi connectivity index (χ1v) is 9.14. The molecule has 3 heterocycles. The molecule has 0 atom stereocenters. The van der Waals surface area contributed by atoms with Gasteiger partial charge in [-0.2, -0.15) is 18.3 Å².